The first-order chi connectivity index (χ1) is 8.43. The van der Waals surface area contributed by atoms with Crippen molar-refractivity contribution in [1.82, 2.24) is 0 Å². The summed E-state index contributed by atoms with van der Waals surface area (Å²) in [5, 5.41) is 0. The summed E-state index contributed by atoms with van der Waals surface area (Å²) in [7, 11) is 3.34. The Hall–Kier alpha value is -0.670. The van der Waals surface area contributed by atoms with Crippen molar-refractivity contribution in [2.45, 2.75) is 46.3 Å². The van der Waals surface area contributed by atoms with E-state index >= 15 is 0 Å². The van der Waals surface area contributed by atoms with Gasteiger partial charge in [-0.3, -0.25) is 4.79 Å². The Balaban J connectivity index is 2.11. The highest BCUT2D eigenvalue weighted by molar-refractivity contribution is 5.99. The molecule has 102 valence electrons. The van der Waals surface area contributed by atoms with E-state index in [1.54, 1.807) is 14.2 Å². The number of hydrogen-bond acceptors (Lipinski definition) is 3. The third-order valence-corrected chi connectivity index (χ3v) is 4.82. The van der Waals surface area contributed by atoms with Crippen LogP contribution < -0.4 is 0 Å². The van der Waals surface area contributed by atoms with Crippen LogP contribution in [-0.4, -0.2) is 26.3 Å². The smallest absolute Gasteiger partial charge is 0.159 e. The van der Waals surface area contributed by atoms with Gasteiger partial charge in [0.15, 0.2) is 12.1 Å². The van der Waals surface area contributed by atoms with Crippen LogP contribution in [0.1, 0.15) is 40.0 Å². The van der Waals surface area contributed by atoms with Crippen LogP contribution in [0.2, 0.25) is 0 Å². The van der Waals surface area contributed by atoms with E-state index in [9.17, 15) is 4.79 Å². The molecular weight excluding hydrogens is 228 g/mol. The molecule has 2 unspecified atom stereocenters. The van der Waals surface area contributed by atoms with Crippen LogP contribution in [-0.2, 0) is 14.3 Å². The topological polar surface area (TPSA) is 35.5 Å². The maximum atomic E-state index is 12.0. The average molecular weight is 252 g/mol. The molecule has 3 nitrogen and oxygen atoms in total. The third kappa shape index (κ3) is 2.14. The monoisotopic (exact) mass is 252 g/mol. The Kier molecular flexibility index (Phi) is 3.65. The fraction of sp³-hybridized carbons (Fsp3) is 0.800. The molecule has 2 rings (SSSR count). The van der Waals surface area contributed by atoms with Crippen molar-refractivity contribution >= 4 is 5.78 Å². The molecule has 3 heteroatoms. The summed E-state index contributed by atoms with van der Waals surface area (Å²) < 4.78 is 10.6. The van der Waals surface area contributed by atoms with Crippen molar-refractivity contribution in [3.8, 4) is 0 Å². The van der Waals surface area contributed by atoms with Crippen LogP contribution in [0.4, 0.5) is 0 Å². The molecule has 1 fully saturated rings. The molecule has 18 heavy (non-hydrogen) atoms. The Morgan fingerprint density at radius 2 is 1.89 bits per heavy atom. The predicted molar refractivity (Wildman–Crippen MR) is 70.1 cm³/mol. The van der Waals surface area contributed by atoms with E-state index in [1.165, 1.54) is 5.57 Å². The van der Waals surface area contributed by atoms with Crippen LogP contribution in [0.15, 0.2) is 11.1 Å². The van der Waals surface area contributed by atoms with Crippen molar-refractivity contribution in [2.75, 3.05) is 14.2 Å². The minimum Gasteiger partial charge on any atom is -0.356 e. The number of ketones is 1. The van der Waals surface area contributed by atoms with Gasteiger partial charge in [-0.2, -0.15) is 0 Å². The fourth-order valence-corrected chi connectivity index (χ4v) is 3.50. The number of ether oxygens (including phenoxy) is 2. The molecule has 2 aliphatic rings. The molecule has 0 spiro atoms. The van der Waals surface area contributed by atoms with Crippen molar-refractivity contribution < 1.29 is 14.3 Å². The van der Waals surface area contributed by atoms with Gasteiger partial charge < -0.3 is 9.47 Å². The second-order valence-corrected chi connectivity index (χ2v) is 6.16. The lowest BCUT2D eigenvalue weighted by atomic mass is 10.00. The molecule has 0 amide bonds. The molecule has 2 atom stereocenters. The minimum atomic E-state index is -0.156. The number of hydrogen-bond donors (Lipinski definition) is 0. The Labute approximate surface area is 110 Å². The number of allylic oxidation sites excluding steroid dienone is 2. The van der Waals surface area contributed by atoms with Gasteiger partial charge in [0, 0.05) is 27.1 Å². The molecule has 0 aromatic rings. The SMILES string of the molecule is COC(CC1C(C2=C(C)CCC2=O)C1(C)C)OC. The molecule has 1 saturated carbocycles. The van der Waals surface area contributed by atoms with Crippen LogP contribution >= 0.6 is 0 Å². The molecule has 0 heterocycles. The summed E-state index contributed by atoms with van der Waals surface area (Å²) in [5.41, 5.74) is 2.61. The molecular formula is C15H24O3. The Bertz CT molecular complexity index is 377. The molecule has 0 aliphatic heterocycles. The summed E-state index contributed by atoms with van der Waals surface area (Å²) in [5.74, 6) is 1.26. The van der Waals surface area contributed by atoms with E-state index in [0.717, 1.165) is 18.4 Å². The maximum absolute atomic E-state index is 12.0. The first kappa shape index (κ1) is 13.8. The van der Waals surface area contributed by atoms with Gasteiger partial charge in [0.25, 0.3) is 0 Å². The minimum absolute atomic E-state index is 0.156. The van der Waals surface area contributed by atoms with E-state index < -0.39 is 0 Å². The highest BCUT2D eigenvalue weighted by atomic mass is 16.7. The van der Waals surface area contributed by atoms with Gasteiger partial charge in [-0.25, -0.2) is 0 Å². The quantitative estimate of drug-likeness (QED) is 0.706. The molecule has 0 radical (unpaired) electrons. The van der Waals surface area contributed by atoms with Crippen molar-refractivity contribution in [3.05, 3.63) is 11.1 Å². The van der Waals surface area contributed by atoms with Crippen molar-refractivity contribution in [2.24, 2.45) is 17.3 Å². The number of rotatable bonds is 5. The van der Waals surface area contributed by atoms with Crippen LogP contribution in [0, 0.1) is 17.3 Å². The Morgan fingerprint density at radius 1 is 1.28 bits per heavy atom. The van der Waals surface area contributed by atoms with Gasteiger partial charge in [-0.1, -0.05) is 19.4 Å². The van der Waals surface area contributed by atoms with Gasteiger partial charge in [-0.05, 0) is 36.2 Å². The average Bonchev–Trinajstić information content (AvgIpc) is 2.67. The summed E-state index contributed by atoms with van der Waals surface area (Å²) in [6, 6.07) is 0. The zero-order chi connectivity index (χ0) is 13.5. The molecule has 2 aliphatic carbocycles. The zero-order valence-corrected chi connectivity index (χ0v) is 12.1. The Morgan fingerprint density at radius 3 is 2.33 bits per heavy atom. The second kappa shape index (κ2) is 4.78. The number of carbonyl (C=O) groups excluding carboxylic acids is 1. The van der Waals surface area contributed by atoms with Gasteiger partial charge in [-0.15, -0.1) is 0 Å². The van der Waals surface area contributed by atoms with Crippen LogP contribution in [0.25, 0.3) is 0 Å². The first-order valence-electron chi connectivity index (χ1n) is 6.71. The van der Waals surface area contributed by atoms with E-state index in [0.29, 0.717) is 24.0 Å². The lowest BCUT2D eigenvalue weighted by Crippen LogP contribution is -2.15. The van der Waals surface area contributed by atoms with E-state index in [4.69, 9.17) is 9.47 Å². The summed E-state index contributed by atoms with van der Waals surface area (Å²) >= 11 is 0. The highest BCUT2D eigenvalue weighted by Gasteiger charge is 2.61. The van der Waals surface area contributed by atoms with Gasteiger partial charge in [0.05, 0.1) is 0 Å². The summed E-state index contributed by atoms with van der Waals surface area (Å²) in [6.07, 6.45) is 2.37. The molecule has 0 N–H and O–H groups in total. The zero-order valence-electron chi connectivity index (χ0n) is 12.1. The number of methoxy groups -OCH3 is 2. The first-order valence-corrected chi connectivity index (χ1v) is 6.71. The molecule has 0 aromatic heterocycles. The summed E-state index contributed by atoms with van der Waals surface area (Å²) in [6.45, 7) is 6.60. The van der Waals surface area contributed by atoms with E-state index in [2.05, 4.69) is 20.8 Å². The normalized spacial score (nSPS) is 30.4. The van der Waals surface area contributed by atoms with E-state index in [-0.39, 0.29) is 11.7 Å². The second-order valence-electron chi connectivity index (χ2n) is 6.16. The lowest BCUT2D eigenvalue weighted by molar-refractivity contribution is -0.115. The van der Waals surface area contributed by atoms with E-state index in [1.807, 2.05) is 0 Å². The van der Waals surface area contributed by atoms with Gasteiger partial charge in [0.1, 0.15) is 0 Å². The van der Waals surface area contributed by atoms with Gasteiger partial charge in [0.2, 0.25) is 0 Å². The summed E-state index contributed by atoms with van der Waals surface area (Å²) in [4.78, 5) is 12.0. The number of Topliss-reactive ketones (excluding diaryl/α,β-unsaturated/α-hetero) is 1. The third-order valence-electron chi connectivity index (χ3n) is 4.82. The van der Waals surface area contributed by atoms with Crippen molar-refractivity contribution in [3.63, 3.8) is 0 Å². The highest BCUT2D eigenvalue weighted by Crippen LogP contribution is 2.65. The predicted octanol–water partition coefficient (Wildman–Crippen LogP) is 2.95. The van der Waals surface area contributed by atoms with Crippen LogP contribution in [0.5, 0.6) is 0 Å². The molecule has 0 bridgehead atoms. The lowest BCUT2D eigenvalue weighted by Gasteiger charge is -2.13. The maximum Gasteiger partial charge on any atom is 0.159 e. The standard InChI is InChI=1S/C15H24O3/c1-9-6-7-11(16)13(9)14-10(15(14,2)3)8-12(17-4)18-5/h10,12,14H,6-8H2,1-5H3. The fourth-order valence-electron chi connectivity index (χ4n) is 3.50. The van der Waals surface area contributed by atoms with Gasteiger partial charge >= 0.3 is 0 Å². The molecule has 0 aromatic carbocycles. The number of carbonyl (C=O) groups is 1. The van der Waals surface area contributed by atoms with Crippen molar-refractivity contribution in [1.29, 1.82) is 0 Å². The largest absolute Gasteiger partial charge is 0.356 e. The molecule has 0 saturated heterocycles. The van der Waals surface area contributed by atoms with Crippen LogP contribution in [0.3, 0.4) is 0 Å².